The van der Waals surface area contributed by atoms with Gasteiger partial charge in [0.2, 0.25) is 0 Å². The average Bonchev–Trinajstić information content (AvgIpc) is 2.68. The fraction of sp³-hybridized carbons (Fsp3) is 0.556. The molecule has 0 bridgehead atoms. The van der Waals surface area contributed by atoms with E-state index in [-0.39, 0.29) is 5.41 Å². The standard InChI is InChI=1S/C18H26O2/c1-12(19)16-10-13-9-14(7-8-15(13)20-16)18(5,6)11-17(2,3)4/h7-10,12,19H,11H2,1-6H3. The van der Waals surface area contributed by atoms with Gasteiger partial charge in [0.15, 0.2) is 0 Å². The molecule has 2 heteroatoms. The van der Waals surface area contributed by atoms with Crippen LogP contribution < -0.4 is 0 Å². The van der Waals surface area contributed by atoms with Gasteiger partial charge in [0, 0.05) is 5.39 Å². The molecule has 1 N–H and O–H groups in total. The number of aliphatic hydroxyl groups excluding tert-OH is 1. The van der Waals surface area contributed by atoms with E-state index in [0.29, 0.717) is 11.2 Å². The molecule has 1 aromatic heterocycles. The van der Waals surface area contributed by atoms with Crippen LogP contribution in [0.3, 0.4) is 0 Å². The van der Waals surface area contributed by atoms with Crippen LogP contribution >= 0.6 is 0 Å². The van der Waals surface area contributed by atoms with Crippen molar-refractivity contribution in [1.29, 1.82) is 0 Å². The van der Waals surface area contributed by atoms with E-state index in [1.165, 1.54) is 5.56 Å². The molecule has 0 aliphatic heterocycles. The largest absolute Gasteiger partial charge is 0.458 e. The third-order valence-corrected chi connectivity index (χ3v) is 3.70. The van der Waals surface area contributed by atoms with Gasteiger partial charge in [-0.3, -0.25) is 0 Å². The first-order valence-corrected chi connectivity index (χ1v) is 7.30. The Balaban J connectivity index is 2.40. The molecule has 1 atom stereocenters. The molecule has 0 aliphatic carbocycles. The average molecular weight is 274 g/mol. The first-order chi connectivity index (χ1) is 9.08. The molecular weight excluding hydrogens is 248 g/mol. The number of fused-ring (bicyclic) bond motifs is 1. The molecule has 1 unspecified atom stereocenters. The summed E-state index contributed by atoms with van der Waals surface area (Å²) in [7, 11) is 0. The maximum absolute atomic E-state index is 9.61. The van der Waals surface area contributed by atoms with Crippen molar-refractivity contribution in [3.05, 3.63) is 35.6 Å². The van der Waals surface area contributed by atoms with Crippen LogP contribution in [0.5, 0.6) is 0 Å². The lowest BCUT2D eigenvalue weighted by Crippen LogP contribution is -2.24. The number of rotatable bonds is 3. The molecule has 110 valence electrons. The van der Waals surface area contributed by atoms with Crippen LogP contribution in [0.25, 0.3) is 11.0 Å². The molecule has 0 saturated carbocycles. The van der Waals surface area contributed by atoms with E-state index >= 15 is 0 Å². The lowest BCUT2D eigenvalue weighted by atomic mass is 9.72. The number of aliphatic hydroxyl groups is 1. The maximum Gasteiger partial charge on any atom is 0.134 e. The summed E-state index contributed by atoms with van der Waals surface area (Å²) < 4.78 is 5.65. The minimum Gasteiger partial charge on any atom is -0.458 e. The Hall–Kier alpha value is -1.28. The van der Waals surface area contributed by atoms with Gasteiger partial charge in [0.25, 0.3) is 0 Å². The minimum atomic E-state index is -0.562. The molecule has 0 amide bonds. The fourth-order valence-electron chi connectivity index (χ4n) is 3.12. The summed E-state index contributed by atoms with van der Waals surface area (Å²) in [6.07, 6.45) is 0.556. The van der Waals surface area contributed by atoms with Gasteiger partial charge in [-0.1, -0.05) is 40.7 Å². The summed E-state index contributed by atoms with van der Waals surface area (Å²) in [5, 5.41) is 10.7. The molecule has 0 aliphatic rings. The zero-order valence-corrected chi connectivity index (χ0v) is 13.4. The Morgan fingerprint density at radius 3 is 2.30 bits per heavy atom. The van der Waals surface area contributed by atoms with E-state index in [1.807, 2.05) is 12.1 Å². The second-order valence-electron chi connectivity index (χ2n) is 7.70. The van der Waals surface area contributed by atoms with Crippen molar-refractivity contribution in [1.82, 2.24) is 0 Å². The Labute approximate surface area is 121 Å². The Morgan fingerprint density at radius 1 is 1.10 bits per heavy atom. The SMILES string of the molecule is CC(O)c1cc2cc(C(C)(C)CC(C)(C)C)ccc2o1. The highest BCUT2D eigenvalue weighted by molar-refractivity contribution is 5.79. The lowest BCUT2D eigenvalue weighted by Gasteiger charge is -2.33. The molecule has 2 rings (SSSR count). The third-order valence-electron chi connectivity index (χ3n) is 3.70. The van der Waals surface area contributed by atoms with E-state index in [0.717, 1.165) is 17.4 Å². The molecular formula is C18H26O2. The zero-order valence-electron chi connectivity index (χ0n) is 13.4. The predicted molar refractivity (Wildman–Crippen MR) is 83.9 cm³/mol. The van der Waals surface area contributed by atoms with Crippen molar-refractivity contribution >= 4 is 11.0 Å². The first-order valence-electron chi connectivity index (χ1n) is 7.30. The van der Waals surface area contributed by atoms with E-state index in [4.69, 9.17) is 4.42 Å². The summed E-state index contributed by atoms with van der Waals surface area (Å²) in [6, 6.07) is 8.29. The zero-order chi connectivity index (χ0) is 15.1. The first kappa shape index (κ1) is 15.1. The lowest BCUT2D eigenvalue weighted by molar-refractivity contribution is 0.172. The summed E-state index contributed by atoms with van der Waals surface area (Å²) >= 11 is 0. The van der Waals surface area contributed by atoms with Gasteiger partial charge in [0.05, 0.1) is 0 Å². The molecule has 20 heavy (non-hydrogen) atoms. The third kappa shape index (κ3) is 3.24. The van der Waals surface area contributed by atoms with Crippen molar-refractivity contribution in [2.24, 2.45) is 5.41 Å². The van der Waals surface area contributed by atoms with Gasteiger partial charge in [-0.25, -0.2) is 0 Å². The molecule has 1 aromatic carbocycles. The van der Waals surface area contributed by atoms with Crippen molar-refractivity contribution < 1.29 is 9.52 Å². The van der Waals surface area contributed by atoms with Crippen molar-refractivity contribution in [3.63, 3.8) is 0 Å². The highest BCUT2D eigenvalue weighted by atomic mass is 16.4. The number of furan rings is 1. The van der Waals surface area contributed by atoms with Crippen LogP contribution in [0.15, 0.2) is 28.7 Å². The molecule has 1 heterocycles. The monoisotopic (exact) mass is 274 g/mol. The molecule has 2 nitrogen and oxygen atoms in total. The summed E-state index contributed by atoms with van der Waals surface area (Å²) in [5.41, 5.74) is 2.57. The number of hydrogen-bond donors (Lipinski definition) is 1. The van der Waals surface area contributed by atoms with Crippen molar-refractivity contribution in [2.45, 2.75) is 59.5 Å². The normalized spacial score (nSPS) is 14.8. The van der Waals surface area contributed by atoms with Gasteiger partial charge in [-0.15, -0.1) is 0 Å². The Kier molecular flexibility index (Phi) is 3.72. The van der Waals surface area contributed by atoms with E-state index < -0.39 is 6.10 Å². The fourth-order valence-corrected chi connectivity index (χ4v) is 3.12. The predicted octanol–water partition coefficient (Wildman–Crippen LogP) is 5.20. The minimum absolute atomic E-state index is 0.120. The van der Waals surface area contributed by atoms with Crippen LogP contribution in [0, 0.1) is 5.41 Å². The van der Waals surface area contributed by atoms with Crippen molar-refractivity contribution in [3.8, 4) is 0 Å². The molecule has 0 radical (unpaired) electrons. The van der Waals surface area contributed by atoms with E-state index in [9.17, 15) is 5.11 Å². The van der Waals surface area contributed by atoms with Crippen LogP contribution in [0.4, 0.5) is 0 Å². The molecule has 0 fully saturated rings. The number of benzene rings is 1. The smallest absolute Gasteiger partial charge is 0.134 e. The van der Waals surface area contributed by atoms with Crippen LogP contribution in [-0.4, -0.2) is 5.11 Å². The highest BCUT2D eigenvalue weighted by Crippen LogP contribution is 2.37. The van der Waals surface area contributed by atoms with Gasteiger partial charge in [0.1, 0.15) is 17.4 Å². The summed E-state index contributed by atoms with van der Waals surface area (Å²) in [4.78, 5) is 0. The summed E-state index contributed by atoms with van der Waals surface area (Å²) in [5.74, 6) is 0.630. The Bertz CT molecular complexity index is 597. The van der Waals surface area contributed by atoms with Gasteiger partial charge >= 0.3 is 0 Å². The quantitative estimate of drug-likeness (QED) is 0.834. The molecule has 2 aromatic rings. The van der Waals surface area contributed by atoms with Crippen LogP contribution in [0.2, 0.25) is 0 Å². The molecule has 0 saturated heterocycles. The second kappa shape index (κ2) is 4.92. The second-order valence-corrected chi connectivity index (χ2v) is 7.70. The topological polar surface area (TPSA) is 33.4 Å². The number of hydrogen-bond acceptors (Lipinski definition) is 2. The van der Waals surface area contributed by atoms with E-state index in [1.54, 1.807) is 6.92 Å². The van der Waals surface area contributed by atoms with Crippen LogP contribution in [0.1, 0.15) is 65.4 Å². The Morgan fingerprint density at radius 2 is 1.75 bits per heavy atom. The summed E-state index contributed by atoms with van der Waals surface area (Å²) in [6.45, 7) is 13.1. The van der Waals surface area contributed by atoms with E-state index in [2.05, 4.69) is 46.8 Å². The molecule has 0 spiro atoms. The highest BCUT2D eigenvalue weighted by Gasteiger charge is 2.27. The van der Waals surface area contributed by atoms with Gasteiger partial charge in [-0.2, -0.15) is 0 Å². The van der Waals surface area contributed by atoms with Gasteiger partial charge < -0.3 is 9.52 Å². The van der Waals surface area contributed by atoms with Gasteiger partial charge in [-0.05, 0) is 47.9 Å². The van der Waals surface area contributed by atoms with Crippen molar-refractivity contribution in [2.75, 3.05) is 0 Å². The maximum atomic E-state index is 9.61. The van der Waals surface area contributed by atoms with Crippen LogP contribution in [-0.2, 0) is 5.41 Å².